The summed E-state index contributed by atoms with van der Waals surface area (Å²) in [5, 5.41) is 1.22. The molecule has 2 heterocycles. The molecular formula is C15H13Cl2N3. The Morgan fingerprint density at radius 1 is 1.10 bits per heavy atom. The molecule has 20 heavy (non-hydrogen) atoms. The molecule has 0 amide bonds. The van der Waals surface area contributed by atoms with Crippen molar-refractivity contribution >= 4 is 23.2 Å². The lowest BCUT2D eigenvalue weighted by atomic mass is 10.1. The minimum absolute atomic E-state index is 0.610. The van der Waals surface area contributed by atoms with Crippen LogP contribution in [-0.4, -0.2) is 15.0 Å². The zero-order chi connectivity index (χ0) is 14.1. The molecule has 0 unspecified atom stereocenters. The fourth-order valence-corrected chi connectivity index (χ4v) is 2.81. The minimum atomic E-state index is 0.610. The molecule has 3 rings (SSSR count). The molecular weight excluding hydrogens is 293 g/mol. The molecule has 0 fully saturated rings. The van der Waals surface area contributed by atoms with E-state index in [0.29, 0.717) is 10.0 Å². The van der Waals surface area contributed by atoms with Gasteiger partial charge in [0.2, 0.25) is 0 Å². The number of H-pyrrole nitrogens is 2. The second kappa shape index (κ2) is 5.35. The highest BCUT2D eigenvalue weighted by atomic mass is 35.5. The number of rotatable bonds is 3. The summed E-state index contributed by atoms with van der Waals surface area (Å²) in [6.07, 6.45) is 2.62. The Balaban J connectivity index is 2.01. The normalized spacial score (nSPS) is 10.9. The fourth-order valence-electron chi connectivity index (χ4n) is 2.23. The van der Waals surface area contributed by atoms with E-state index in [2.05, 4.69) is 15.0 Å². The molecule has 3 aromatic rings. The Morgan fingerprint density at radius 3 is 2.50 bits per heavy atom. The number of hydrogen-bond donors (Lipinski definition) is 2. The van der Waals surface area contributed by atoms with E-state index in [0.717, 1.165) is 34.9 Å². The van der Waals surface area contributed by atoms with Crippen LogP contribution in [0.15, 0.2) is 36.5 Å². The Hall–Kier alpha value is -1.71. The molecule has 0 aliphatic carbocycles. The highest BCUT2D eigenvalue weighted by Gasteiger charge is 2.15. The van der Waals surface area contributed by atoms with E-state index in [-0.39, 0.29) is 0 Å². The van der Waals surface area contributed by atoms with Crippen molar-refractivity contribution < 1.29 is 0 Å². The van der Waals surface area contributed by atoms with Gasteiger partial charge in [0.15, 0.2) is 0 Å². The lowest BCUT2D eigenvalue weighted by Gasteiger charge is -2.04. The van der Waals surface area contributed by atoms with Gasteiger partial charge in [-0.1, -0.05) is 29.3 Å². The standard InChI is InChI=1S/C15H13Cl2N3/c1-9-15(14-11(16)5-2-6-12(14)17)20-13(19-9)8-10-4-3-7-18-10/h2-7,18H,8H2,1H3,(H,19,20). The zero-order valence-electron chi connectivity index (χ0n) is 10.9. The van der Waals surface area contributed by atoms with Crippen LogP contribution in [-0.2, 0) is 6.42 Å². The monoisotopic (exact) mass is 305 g/mol. The minimum Gasteiger partial charge on any atom is -0.365 e. The van der Waals surface area contributed by atoms with Gasteiger partial charge in [-0.25, -0.2) is 4.98 Å². The topological polar surface area (TPSA) is 44.5 Å². The van der Waals surface area contributed by atoms with Gasteiger partial charge < -0.3 is 9.97 Å². The number of halogens is 2. The van der Waals surface area contributed by atoms with Crippen LogP contribution in [0.1, 0.15) is 17.2 Å². The fraction of sp³-hybridized carbons (Fsp3) is 0.133. The Kier molecular flexibility index (Phi) is 3.55. The molecule has 0 spiro atoms. The maximum absolute atomic E-state index is 6.24. The van der Waals surface area contributed by atoms with Crippen molar-refractivity contribution in [2.75, 3.05) is 0 Å². The maximum atomic E-state index is 6.24. The van der Waals surface area contributed by atoms with Crippen LogP contribution in [0.4, 0.5) is 0 Å². The summed E-state index contributed by atoms with van der Waals surface area (Å²) in [5.74, 6) is 0.885. The summed E-state index contributed by atoms with van der Waals surface area (Å²) >= 11 is 12.5. The van der Waals surface area contributed by atoms with Gasteiger partial charge in [-0.2, -0.15) is 0 Å². The van der Waals surface area contributed by atoms with Gasteiger partial charge in [0, 0.05) is 29.6 Å². The van der Waals surface area contributed by atoms with E-state index in [4.69, 9.17) is 23.2 Å². The largest absolute Gasteiger partial charge is 0.365 e. The van der Waals surface area contributed by atoms with Crippen molar-refractivity contribution in [2.45, 2.75) is 13.3 Å². The summed E-state index contributed by atoms with van der Waals surface area (Å²) < 4.78 is 0. The van der Waals surface area contributed by atoms with Crippen LogP contribution in [0.2, 0.25) is 10.0 Å². The number of aryl methyl sites for hydroxylation is 1. The maximum Gasteiger partial charge on any atom is 0.112 e. The molecule has 0 radical (unpaired) electrons. The van der Waals surface area contributed by atoms with Gasteiger partial charge in [0.25, 0.3) is 0 Å². The second-order valence-electron chi connectivity index (χ2n) is 4.63. The van der Waals surface area contributed by atoms with Crippen molar-refractivity contribution in [3.63, 3.8) is 0 Å². The van der Waals surface area contributed by atoms with E-state index < -0.39 is 0 Å². The molecule has 0 aliphatic heterocycles. The summed E-state index contributed by atoms with van der Waals surface area (Å²) in [5.41, 5.74) is 3.65. The third-order valence-corrected chi connectivity index (χ3v) is 3.78. The third kappa shape index (κ3) is 2.47. The van der Waals surface area contributed by atoms with E-state index >= 15 is 0 Å². The average molecular weight is 306 g/mol. The van der Waals surface area contributed by atoms with Crippen LogP contribution in [0.3, 0.4) is 0 Å². The molecule has 3 nitrogen and oxygen atoms in total. The molecule has 5 heteroatoms. The van der Waals surface area contributed by atoms with Crippen molar-refractivity contribution in [3.8, 4) is 11.3 Å². The van der Waals surface area contributed by atoms with Crippen LogP contribution in [0, 0.1) is 6.92 Å². The van der Waals surface area contributed by atoms with Crippen LogP contribution < -0.4 is 0 Å². The predicted molar refractivity (Wildman–Crippen MR) is 82.4 cm³/mol. The van der Waals surface area contributed by atoms with Gasteiger partial charge in [-0.15, -0.1) is 0 Å². The number of aromatic amines is 2. The number of aromatic nitrogens is 3. The van der Waals surface area contributed by atoms with Gasteiger partial charge in [-0.3, -0.25) is 0 Å². The van der Waals surface area contributed by atoms with Crippen molar-refractivity contribution in [2.24, 2.45) is 0 Å². The van der Waals surface area contributed by atoms with Crippen LogP contribution in [0.25, 0.3) is 11.3 Å². The smallest absolute Gasteiger partial charge is 0.112 e. The van der Waals surface area contributed by atoms with E-state index in [1.54, 1.807) is 0 Å². The summed E-state index contributed by atoms with van der Waals surface area (Å²) in [6, 6.07) is 9.47. The summed E-state index contributed by atoms with van der Waals surface area (Å²) in [7, 11) is 0. The number of nitrogens with zero attached hydrogens (tertiary/aromatic N) is 1. The summed E-state index contributed by atoms with van der Waals surface area (Å²) in [4.78, 5) is 11.1. The lowest BCUT2D eigenvalue weighted by molar-refractivity contribution is 0.984. The van der Waals surface area contributed by atoms with Gasteiger partial charge in [0.05, 0.1) is 15.7 Å². The lowest BCUT2D eigenvalue weighted by Crippen LogP contribution is -1.90. The van der Waals surface area contributed by atoms with Gasteiger partial charge in [0.1, 0.15) is 5.82 Å². The number of nitrogens with one attached hydrogen (secondary N) is 2. The SMILES string of the molecule is Cc1[nH]c(Cc2ccc[nH]2)nc1-c1c(Cl)cccc1Cl. The predicted octanol–water partition coefficient (Wildman–Crippen LogP) is 4.61. The Morgan fingerprint density at radius 2 is 1.85 bits per heavy atom. The third-order valence-electron chi connectivity index (χ3n) is 3.15. The molecule has 0 atom stereocenters. The first-order valence-corrected chi connectivity index (χ1v) is 7.03. The molecule has 0 aliphatic rings. The first-order valence-electron chi connectivity index (χ1n) is 6.27. The van der Waals surface area contributed by atoms with E-state index in [9.17, 15) is 0 Å². The highest BCUT2D eigenvalue weighted by Crippen LogP contribution is 2.35. The second-order valence-corrected chi connectivity index (χ2v) is 5.44. The van der Waals surface area contributed by atoms with E-state index in [1.165, 1.54) is 0 Å². The first-order chi connectivity index (χ1) is 9.65. The Labute approximate surface area is 127 Å². The average Bonchev–Trinajstić information content (AvgIpc) is 3.01. The number of imidazole rings is 1. The number of benzene rings is 1. The molecule has 2 N–H and O–H groups in total. The van der Waals surface area contributed by atoms with Crippen LogP contribution >= 0.6 is 23.2 Å². The first kappa shape index (κ1) is 13.3. The quantitative estimate of drug-likeness (QED) is 0.729. The molecule has 2 aromatic heterocycles. The molecule has 1 aromatic carbocycles. The van der Waals surface area contributed by atoms with Crippen molar-refractivity contribution in [1.29, 1.82) is 0 Å². The molecule has 0 saturated carbocycles. The number of hydrogen-bond acceptors (Lipinski definition) is 1. The van der Waals surface area contributed by atoms with Crippen molar-refractivity contribution in [1.82, 2.24) is 15.0 Å². The van der Waals surface area contributed by atoms with E-state index in [1.807, 2.05) is 43.5 Å². The van der Waals surface area contributed by atoms with Crippen LogP contribution in [0.5, 0.6) is 0 Å². The summed E-state index contributed by atoms with van der Waals surface area (Å²) in [6.45, 7) is 1.97. The molecule has 0 bridgehead atoms. The highest BCUT2D eigenvalue weighted by molar-refractivity contribution is 6.39. The zero-order valence-corrected chi connectivity index (χ0v) is 12.4. The van der Waals surface area contributed by atoms with Crippen molar-refractivity contribution in [3.05, 3.63) is 63.8 Å². The molecule has 0 saturated heterocycles. The molecule has 102 valence electrons. The van der Waals surface area contributed by atoms with Gasteiger partial charge in [-0.05, 0) is 31.2 Å². The Bertz CT molecular complexity index is 709. The van der Waals surface area contributed by atoms with Gasteiger partial charge >= 0.3 is 0 Å².